The first kappa shape index (κ1) is 17.6. The van der Waals surface area contributed by atoms with E-state index in [1.165, 1.54) is 6.33 Å². The van der Waals surface area contributed by atoms with Crippen molar-refractivity contribution in [1.82, 2.24) is 50.2 Å². The van der Waals surface area contributed by atoms with Crippen molar-refractivity contribution >= 4 is 17.3 Å². The molecule has 0 amide bonds. The highest BCUT2D eigenvalue weighted by Crippen LogP contribution is 2.32. The largest absolute Gasteiger partial charge is 0.383 e. The van der Waals surface area contributed by atoms with Gasteiger partial charge >= 0.3 is 0 Å². The van der Waals surface area contributed by atoms with Gasteiger partial charge in [-0.3, -0.25) is 4.98 Å². The number of hydrogen-bond donors (Lipinski definition) is 3. The molecule has 0 radical (unpaired) electrons. The minimum absolute atomic E-state index is 0.226. The third kappa shape index (κ3) is 3.05. The Labute approximate surface area is 169 Å². The number of pyridine rings is 1. The van der Waals surface area contributed by atoms with Crippen molar-refractivity contribution in [3.05, 3.63) is 54.7 Å². The van der Waals surface area contributed by atoms with Crippen molar-refractivity contribution in [2.45, 2.75) is 13.0 Å². The minimum Gasteiger partial charge on any atom is -0.383 e. The average molecular weight is 400 g/mol. The summed E-state index contributed by atoms with van der Waals surface area (Å²) in [6.45, 7) is 1.99. The van der Waals surface area contributed by atoms with Gasteiger partial charge in [-0.1, -0.05) is 6.07 Å². The Morgan fingerprint density at radius 3 is 2.87 bits per heavy atom. The number of anilines is 2. The van der Waals surface area contributed by atoms with E-state index in [-0.39, 0.29) is 11.9 Å². The number of nitrogens with two attached hydrogens (primary N) is 1. The number of rotatable bonds is 5. The predicted molar refractivity (Wildman–Crippen MR) is 108 cm³/mol. The van der Waals surface area contributed by atoms with Crippen LogP contribution in [0, 0.1) is 0 Å². The number of nitrogens with one attached hydrogen (secondary N) is 2. The summed E-state index contributed by atoms with van der Waals surface area (Å²) in [5, 5.41) is 22.1. The molecule has 1 atom stereocenters. The summed E-state index contributed by atoms with van der Waals surface area (Å²) in [6.07, 6.45) is 6.61. The van der Waals surface area contributed by atoms with Crippen LogP contribution < -0.4 is 11.1 Å². The lowest BCUT2D eigenvalue weighted by Gasteiger charge is -2.19. The highest BCUT2D eigenvalue weighted by atomic mass is 15.5. The van der Waals surface area contributed by atoms with Crippen LogP contribution in [0.4, 0.5) is 11.6 Å². The number of fused-ring (bicyclic) bond motifs is 1. The summed E-state index contributed by atoms with van der Waals surface area (Å²) in [5.74, 6) is 1.02. The molecule has 0 saturated carbocycles. The number of H-pyrrole nitrogens is 1. The molecule has 0 aliphatic carbocycles. The van der Waals surface area contributed by atoms with Gasteiger partial charge in [0.1, 0.15) is 29.2 Å². The smallest absolute Gasteiger partial charge is 0.212 e. The van der Waals surface area contributed by atoms with Gasteiger partial charge in [-0.05, 0) is 30.3 Å². The molecule has 5 aromatic heterocycles. The summed E-state index contributed by atoms with van der Waals surface area (Å²) in [6, 6.07) is 7.43. The lowest BCUT2D eigenvalue weighted by atomic mass is 10.0. The highest BCUT2D eigenvalue weighted by molar-refractivity contribution is 5.79. The number of aromatic nitrogens is 10. The number of nitrogens with zero attached hydrogens (tertiary/aromatic N) is 9. The summed E-state index contributed by atoms with van der Waals surface area (Å²) < 4.78 is 1.72. The normalized spacial score (nSPS) is 12.2. The zero-order valence-electron chi connectivity index (χ0n) is 15.8. The highest BCUT2D eigenvalue weighted by Gasteiger charge is 2.21. The maximum atomic E-state index is 6.06. The van der Waals surface area contributed by atoms with Crippen molar-refractivity contribution < 1.29 is 0 Å². The van der Waals surface area contributed by atoms with Crippen LogP contribution in [0.1, 0.15) is 18.5 Å². The molecule has 30 heavy (non-hydrogen) atoms. The Balaban J connectivity index is 1.60. The van der Waals surface area contributed by atoms with E-state index in [4.69, 9.17) is 10.8 Å². The first-order valence-corrected chi connectivity index (χ1v) is 9.07. The molecule has 148 valence electrons. The third-order valence-electron chi connectivity index (χ3n) is 4.59. The van der Waals surface area contributed by atoms with E-state index in [0.29, 0.717) is 17.2 Å². The zero-order valence-corrected chi connectivity index (χ0v) is 15.8. The number of nitrogen functional groups attached to an aromatic ring is 1. The topological polar surface area (TPSA) is 161 Å². The van der Waals surface area contributed by atoms with Gasteiger partial charge in [0.05, 0.1) is 11.7 Å². The van der Waals surface area contributed by atoms with Gasteiger partial charge in [-0.25, -0.2) is 19.5 Å². The molecule has 0 spiro atoms. The molecular weight excluding hydrogens is 384 g/mol. The standard InChI is InChI=1S/C18H16N12/c1-10(24-17-14(16(19)22-9-23-17)18-25-28-29-26-18)11-8-13-21-6-7-30(13)27-15(11)12-4-2-3-5-20-12/h2-10H,1H3,(H3,19,22,23,24)(H,25,26,28,29). The van der Waals surface area contributed by atoms with Gasteiger partial charge in [0, 0.05) is 24.2 Å². The van der Waals surface area contributed by atoms with Gasteiger partial charge in [0.15, 0.2) is 5.65 Å². The van der Waals surface area contributed by atoms with Crippen LogP contribution in [0.3, 0.4) is 0 Å². The Morgan fingerprint density at radius 1 is 1.13 bits per heavy atom. The predicted octanol–water partition coefficient (Wildman–Crippen LogP) is 1.52. The second-order valence-electron chi connectivity index (χ2n) is 6.48. The van der Waals surface area contributed by atoms with Crippen molar-refractivity contribution in [2.75, 3.05) is 11.1 Å². The quantitative estimate of drug-likeness (QED) is 0.394. The van der Waals surface area contributed by atoms with E-state index in [0.717, 1.165) is 22.6 Å². The van der Waals surface area contributed by atoms with Crippen LogP contribution in [-0.4, -0.2) is 50.2 Å². The molecule has 12 heteroatoms. The molecule has 0 saturated heterocycles. The Bertz CT molecular complexity index is 1300. The Morgan fingerprint density at radius 2 is 2.07 bits per heavy atom. The SMILES string of the molecule is CC(Nc1ncnc(N)c1-c1nn[nH]n1)c1cc2nccn2nc1-c1ccccn1. The van der Waals surface area contributed by atoms with E-state index in [9.17, 15) is 0 Å². The monoisotopic (exact) mass is 400 g/mol. The fourth-order valence-electron chi connectivity index (χ4n) is 3.18. The number of hydrogen-bond acceptors (Lipinski definition) is 10. The third-order valence-corrected chi connectivity index (χ3v) is 4.59. The van der Waals surface area contributed by atoms with E-state index >= 15 is 0 Å². The molecular formula is C18H16N12. The summed E-state index contributed by atoms with van der Waals surface area (Å²) in [4.78, 5) is 17.2. The fraction of sp³-hybridized carbons (Fsp3) is 0.111. The van der Waals surface area contributed by atoms with E-state index < -0.39 is 0 Å². The number of tetrazole rings is 1. The maximum absolute atomic E-state index is 6.06. The average Bonchev–Trinajstić information content (AvgIpc) is 3.45. The number of imidazole rings is 1. The second kappa shape index (κ2) is 7.16. The van der Waals surface area contributed by atoms with Crippen LogP contribution in [0.2, 0.25) is 0 Å². The van der Waals surface area contributed by atoms with Gasteiger partial charge < -0.3 is 11.1 Å². The summed E-state index contributed by atoms with van der Waals surface area (Å²) in [7, 11) is 0. The molecule has 0 bridgehead atoms. The zero-order chi connectivity index (χ0) is 20.5. The minimum atomic E-state index is -0.226. The summed E-state index contributed by atoms with van der Waals surface area (Å²) in [5.41, 5.74) is 9.61. The van der Waals surface area contributed by atoms with Gasteiger partial charge in [0.2, 0.25) is 5.82 Å². The Kier molecular flexibility index (Phi) is 4.20. The molecule has 0 aliphatic heterocycles. The van der Waals surface area contributed by atoms with E-state index in [1.807, 2.05) is 31.2 Å². The molecule has 0 aromatic carbocycles. The molecule has 4 N–H and O–H groups in total. The van der Waals surface area contributed by atoms with Crippen molar-refractivity contribution in [2.24, 2.45) is 0 Å². The number of aromatic amines is 1. The maximum Gasteiger partial charge on any atom is 0.212 e. The van der Waals surface area contributed by atoms with Crippen molar-refractivity contribution in [3.63, 3.8) is 0 Å². The first-order chi connectivity index (χ1) is 14.7. The van der Waals surface area contributed by atoms with Crippen LogP contribution >= 0.6 is 0 Å². The Hall–Kier alpha value is -4.48. The van der Waals surface area contributed by atoms with E-state index in [2.05, 4.69) is 45.9 Å². The molecule has 0 aliphatic rings. The molecule has 12 nitrogen and oxygen atoms in total. The molecule has 5 heterocycles. The van der Waals surface area contributed by atoms with Crippen molar-refractivity contribution in [3.8, 4) is 22.8 Å². The van der Waals surface area contributed by atoms with Crippen molar-refractivity contribution in [1.29, 1.82) is 0 Å². The summed E-state index contributed by atoms with van der Waals surface area (Å²) >= 11 is 0. The molecule has 0 fully saturated rings. The van der Waals surface area contributed by atoms with E-state index in [1.54, 1.807) is 23.1 Å². The first-order valence-electron chi connectivity index (χ1n) is 9.07. The van der Waals surface area contributed by atoms with Gasteiger partial charge in [0.25, 0.3) is 0 Å². The van der Waals surface area contributed by atoms with Crippen LogP contribution in [0.5, 0.6) is 0 Å². The van der Waals surface area contributed by atoms with Gasteiger partial charge in [-0.2, -0.15) is 10.3 Å². The second-order valence-corrected chi connectivity index (χ2v) is 6.48. The molecule has 5 aromatic rings. The fourth-order valence-corrected chi connectivity index (χ4v) is 3.18. The molecule has 1 unspecified atom stereocenters. The lowest BCUT2D eigenvalue weighted by molar-refractivity contribution is 0.838. The van der Waals surface area contributed by atoms with Crippen LogP contribution in [0.15, 0.2) is 49.2 Å². The van der Waals surface area contributed by atoms with Crippen LogP contribution in [-0.2, 0) is 0 Å². The van der Waals surface area contributed by atoms with Gasteiger partial charge in [-0.15, -0.1) is 10.2 Å². The lowest BCUT2D eigenvalue weighted by Crippen LogP contribution is -2.14. The van der Waals surface area contributed by atoms with Crippen LogP contribution in [0.25, 0.3) is 28.4 Å². The molecule has 5 rings (SSSR count).